The van der Waals surface area contributed by atoms with Crippen molar-refractivity contribution in [1.82, 2.24) is 5.32 Å². The Hall–Kier alpha value is -1.51. The molecule has 1 aromatic carbocycles. The number of guanidine groups is 1. The van der Waals surface area contributed by atoms with Crippen molar-refractivity contribution < 1.29 is 0 Å². The van der Waals surface area contributed by atoms with Crippen LogP contribution in [0.5, 0.6) is 0 Å². The lowest BCUT2D eigenvalue weighted by Gasteiger charge is -2.15. The molecule has 0 aliphatic carbocycles. The lowest BCUT2D eigenvalue weighted by Crippen LogP contribution is -2.33. The number of rotatable bonds is 5. The van der Waals surface area contributed by atoms with E-state index in [1.807, 2.05) is 0 Å². The number of nitrogens with two attached hydrogens (primary N) is 1. The van der Waals surface area contributed by atoms with E-state index in [2.05, 4.69) is 55.3 Å². The number of aliphatic imine (C=N–C) groups is 1. The Kier molecular flexibility index (Phi) is 5.53. The molecule has 0 saturated carbocycles. The van der Waals surface area contributed by atoms with Crippen molar-refractivity contribution in [3.8, 4) is 0 Å². The highest BCUT2D eigenvalue weighted by atomic mass is 15.1. The molecule has 94 valence electrons. The van der Waals surface area contributed by atoms with E-state index in [4.69, 9.17) is 5.73 Å². The van der Waals surface area contributed by atoms with Gasteiger partial charge < -0.3 is 11.1 Å². The van der Waals surface area contributed by atoms with Gasteiger partial charge in [-0.2, -0.15) is 0 Å². The molecule has 0 radical (unpaired) electrons. The highest BCUT2D eigenvalue weighted by Gasteiger charge is 2.05. The van der Waals surface area contributed by atoms with Crippen LogP contribution < -0.4 is 11.1 Å². The third kappa shape index (κ3) is 4.47. The fourth-order valence-corrected chi connectivity index (χ4v) is 1.63. The molecule has 0 heterocycles. The lowest BCUT2D eigenvalue weighted by atomic mass is 10.1. The third-order valence-electron chi connectivity index (χ3n) is 2.76. The van der Waals surface area contributed by atoms with Gasteiger partial charge in [0.15, 0.2) is 5.96 Å². The van der Waals surface area contributed by atoms with Crippen LogP contribution in [-0.2, 0) is 6.42 Å². The fourth-order valence-electron chi connectivity index (χ4n) is 1.63. The standard InChI is InChI=1S/C14H23N3/c1-4-10-16-14(15)17-11(3)13-8-6-12(5-2)7-9-13/h6-9,11H,4-5,10H2,1-3H3,(H3,15,16,17). The normalized spacial score (nSPS) is 13.5. The Bertz CT molecular complexity index is 354. The summed E-state index contributed by atoms with van der Waals surface area (Å²) in [5.41, 5.74) is 8.38. The summed E-state index contributed by atoms with van der Waals surface area (Å²) in [6.07, 6.45) is 2.09. The molecule has 3 heteroatoms. The number of aryl methyl sites for hydroxylation is 1. The SMILES string of the molecule is CCCN=C(N)NC(C)c1ccc(CC)cc1. The quantitative estimate of drug-likeness (QED) is 0.606. The molecule has 0 aliphatic heterocycles. The second-order valence-electron chi connectivity index (χ2n) is 4.23. The molecule has 1 unspecified atom stereocenters. The molecule has 0 spiro atoms. The maximum absolute atomic E-state index is 5.79. The van der Waals surface area contributed by atoms with Crippen LogP contribution in [0.1, 0.15) is 44.4 Å². The summed E-state index contributed by atoms with van der Waals surface area (Å²) in [5, 5.41) is 3.20. The topological polar surface area (TPSA) is 50.4 Å². The minimum atomic E-state index is 0.196. The summed E-state index contributed by atoms with van der Waals surface area (Å²) in [5.74, 6) is 0.527. The van der Waals surface area contributed by atoms with E-state index in [9.17, 15) is 0 Å². The summed E-state index contributed by atoms with van der Waals surface area (Å²) in [6.45, 7) is 7.12. The van der Waals surface area contributed by atoms with Gasteiger partial charge in [-0.15, -0.1) is 0 Å². The molecule has 0 saturated heterocycles. The largest absolute Gasteiger partial charge is 0.370 e. The highest BCUT2D eigenvalue weighted by molar-refractivity contribution is 5.78. The Morgan fingerprint density at radius 1 is 1.29 bits per heavy atom. The first-order valence-electron chi connectivity index (χ1n) is 6.32. The lowest BCUT2D eigenvalue weighted by molar-refractivity contribution is 0.706. The molecule has 0 amide bonds. The zero-order valence-electron chi connectivity index (χ0n) is 11.0. The predicted octanol–water partition coefficient (Wildman–Crippen LogP) is 2.62. The number of hydrogen-bond donors (Lipinski definition) is 2. The van der Waals surface area contributed by atoms with Crippen LogP contribution in [0.25, 0.3) is 0 Å². The first kappa shape index (κ1) is 13.6. The highest BCUT2D eigenvalue weighted by Crippen LogP contribution is 2.13. The van der Waals surface area contributed by atoms with Gasteiger partial charge in [0.2, 0.25) is 0 Å². The molecule has 0 bridgehead atoms. The molecule has 3 nitrogen and oxygen atoms in total. The Morgan fingerprint density at radius 2 is 1.94 bits per heavy atom. The van der Waals surface area contributed by atoms with E-state index >= 15 is 0 Å². The number of nitrogens with one attached hydrogen (secondary N) is 1. The van der Waals surface area contributed by atoms with E-state index in [-0.39, 0.29) is 6.04 Å². The summed E-state index contributed by atoms with van der Waals surface area (Å²) in [7, 11) is 0. The average Bonchev–Trinajstić information content (AvgIpc) is 2.36. The summed E-state index contributed by atoms with van der Waals surface area (Å²) in [6, 6.07) is 8.80. The Balaban J connectivity index is 2.59. The molecule has 1 aromatic rings. The van der Waals surface area contributed by atoms with Crippen molar-refractivity contribution in [2.45, 2.75) is 39.7 Å². The summed E-state index contributed by atoms with van der Waals surface area (Å²) < 4.78 is 0. The summed E-state index contributed by atoms with van der Waals surface area (Å²) >= 11 is 0. The van der Waals surface area contributed by atoms with E-state index in [0.29, 0.717) is 5.96 Å². The van der Waals surface area contributed by atoms with Crippen LogP contribution in [0, 0.1) is 0 Å². The van der Waals surface area contributed by atoms with Gasteiger partial charge in [0.05, 0.1) is 6.04 Å². The zero-order chi connectivity index (χ0) is 12.7. The van der Waals surface area contributed by atoms with Crippen molar-refractivity contribution in [2.75, 3.05) is 6.54 Å². The van der Waals surface area contributed by atoms with Gasteiger partial charge in [-0.05, 0) is 30.9 Å². The average molecular weight is 233 g/mol. The molecule has 1 atom stereocenters. The first-order valence-corrected chi connectivity index (χ1v) is 6.32. The van der Waals surface area contributed by atoms with Gasteiger partial charge in [-0.3, -0.25) is 4.99 Å². The molecule has 3 N–H and O–H groups in total. The van der Waals surface area contributed by atoms with Crippen LogP contribution in [0.4, 0.5) is 0 Å². The second-order valence-corrected chi connectivity index (χ2v) is 4.23. The molecule has 1 rings (SSSR count). The number of nitrogens with zero attached hydrogens (tertiary/aromatic N) is 1. The second kappa shape index (κ2) is 6.94. The van der Waals surface area contributed by atoms with Gasteiger partial charge in [0.25, 0.3) is 0 Å². The first-order chi connectivity index (χ1) is 8.17. The van der Waals surface area contributed by atoms with Crippen LogP contribution in [0.3, 0.4) is 0 Å². The van der Waals surface area contributed by atoms with E-state index in [1.54, 1.807) is 0 Å². The van der Waals surface area contributed by atoms with Gasteiger partial charge in [-0.25, -0.2) is 0 Å². The molecular formula is C14H23N3. The molecule has 0 aromatic heterocycles. The molecular weight excluding hydrogens is 210 g/mol. The zero-order valence-corrected chi connectivity index (χ0v) is 11.0. The Morgan fingerprint density at radius 3 is 2.47 bits per heavy atom. The van der Waals surface area contributed by atoms with Gasteiger partial charge in [0.1, 0.15) is 0 Å². The van der Waals surface area contributed by atoms with Crippen LogP contribution in [0.2, 0.25) is 0 Å². The number of benzene rings is 1. The molecule has 0 aliphatic rings. The minimum Gasteiger partial charge on any atom is -0.370 e. The van der Waals surface area contributed by atoms with E-state index < -0.39 is 0 Å². The van der Waals surface area contributed by atoms with Crippen molar-refractivity contribution in [3.63, 3.8) is 0 Å². The maximum Gasteiger partial charge on any atom is 0.189 e. The number of hydrogen-bond acceptors (Lipinski definition) is 1. The smallest absolute Gasteiger partial charge is 0.189 e. The molecule has 0 fully saturated rings. The van der Waals surface area contributed by atoms with Gasteiger partial charge >= 0.3 is 0 Å². The Labute approximate surface area is 104 Å². The van der Waals surface area contributed by atoms with E-state index in [1.165, 1.54) is 11.1 Å². The van der Waals surface area contributed by atoms with Gasteiger partial charge in [-0.1, -0.05) is 38.1 Å². The predicted molar refractivity (Wildman–Crippen MR) is 74.2 cm³/mol. The monoisotopic (exact) mass is 233 g/mol. The van der Waals surface area contributed by atoms with Crippen LogP contribution >= 0.6 is 0 Å². The minimum absolute atomic E-state index is 0.196. The van der Waals surface area contributed by atoms with Gasteiger partial charge in [0, 0.05) is 6.54 Å². The molecule has 17 heavy (non-hydrogen) atoms. The van der Waals surface area contributed by atoms with Crippen molar-refractivity contribution in [3.05, 3.63) is 35.4 Å². The van der Waals surface area contributed by atoms with Crippen molar-refractivity contribution >= 4 is 5.96 Å². The van der Waals surface area contributed by atoms with Crippen LogP contribution in [-0.4, -0.2) is 12.5 Å². The van der Waals surface area contributed by atoms with Crippen molar-refractivity contribution in [2.24, 2.45) is 10.7 Å². The van der Waals surface area contributed by atoms with Crippen LogP contribution in [0.15, 0.2) is 29.3 Å². The third-order valence-corrected chi connectivity index (χ3v) is 2.76. The fraction of sp³-hybridized carbons (Fsp3) is 0.500. The maximum atomic E-state index is 5.79. The summed E-state index contributed by atoms with van der Waals surface area (Å²) in [4.78, 5) is 4.23. The van der Waals surface area contributed by atoms with Crippen molar-refractivity contribution in [1.29, 1.82) is 0 Å². The van der Waals surface area contributed by atoms with E-state index in [0.717, 1.165) is 19.4 Å².